The van der Waals surface area contributed by atoms with Gasteiger partial charge in [0, 0.05) is 68.5 Å². The Morgan fingerprint density at radius 1 is 0.557 bits per heavy atom. The molecular formula is C57H44N2S2. The fourth-order valence-electron chi connectivity index (χ4n) is 8.62. The lowest BCUT2D eigenvalue weighted by Gasteiger charge is -2.27. The Morgan fingerprint density at radius 2 is 1.16 bits per heavy atom. The number of fused-ring (bicyclic) bond motifs is 5. The zero-order valence-corrected chi connectivity index (χ0v) is 35.9. The first kappa shape index (κ1) is 38.2. The van der Waals surface area contributed by atoms with Crippen LogP contribution in [-0.2, 0) is 0 Å². The Balaban J connectivity index is 1.06. The van der Waals surface area contributed by atoms with Crippen LogP contribution < -0.4 is 20.2 Å². The molecule has 0 spiro atoms. The van der Waals surface area contributed by atoms with E-state index < -0.39 is 0 Å². The van der Waals surface area contributed by atoms with Gasteiger partial charge in [-0.05, 0) is 120 Å². The van der Waals surface area contributed by atoms with Gasteiger partial charge in [0.1, 0.15) is 0 Å². The molecule has 2 heterocycles. The van der Waals surface area contributed by atoms with Crippen LogP contribution in [0.25, 0.3) is 70.5 Å². The van der Waals surface area contributed by atoms with Gasteiger partial charge in [0.2, 0.25) is 0 Å². The van der Waals surface area contributed by atoms with Crippen LogP contribution in [0.4, 0.5) is 28.4 Å². The van der Waals surface area contributed by atoms with Crippen molar-refractivity contribution in [3.05, 3.63) is 216 Å². The molecule has 0 saturated carbocycles. The molecule has 4 heteroatoms. The number of thiophene rings is 2. The maximum absolute atomic E-state index is 4.40. The van der Waals surface area contributed by atoms with Crippen LogP contribution in [0, 0.1) is 6.92 Å². The van der Waals surface area contributed by atoms with E-state index in [-0.39, 0.29) is 0 Å². The highest BCUT2D eigenvalue weighted by Crippen LogP contribution is 2.44. The molecule has 0 N–H and O–H groups in total. The van der Waals surface area contributed by atoms with Crippen molar-refractivity contribution < 1.29 is 0 Å². The predicted octanol–water partition coefficient (Wildman–Crippen LogP) is 15.8. The minimum absolute atomic E-state index is 0.958. The third kappa shape index (κ3) is 7.04. The van der Waals surface area contributed by atoms with Crippen LogP contribution in [-0.4, -0.2) is 0 Å². The summed E-state index contributed by atoms with van der Waals surface area (Å²) >= 11 is 3.70. The number of hydrogen-bond donors (Lipinski definition) is 0. The van der Waals surface area contributed by atoms with E-state index >= 15 is 0 Å². The summed E-state index contributed by atoms with van der Waals surface area (Å²) in [5, 5.41) is 8.27. The minimum Gasteiger partial charge on any atom is -0.310 e. The lowest BCUT2D eigenvalue weighted by molar-refractivity contribution is 1.23. The summed E-state index contributed by atoms with van der Waals surface area (Å²) in [5.41, 5.74) is 10.1. The summed E-state index contributed by atoms with van der Waals surface area (Å²) in [6.07, 6.45) is 7.48. The van der Waals surface area contributed by atoms with Crippen LogP contribution in [0.1, 0.15) is 23.8 Å². The Labute approximate surface area is 365 Å². The van der Waals surface area contributed by atoms with E-state index in [1.807, 2.05) is 34.8 Å². The molecule has 0 saturated heterocycles. The topological polar surface area (TPSA) is 6.48 Å². The van der Waals surface area contributed by atoms with Crippen LogP contribution in [0.3, 0.4) is 0 Å². The smallest absolute Gasteiger partial charge is 0.0540 e. The second kappa shape index (κ2) is 16.2. The molecule has 0 aliphatic heterocycles. The molecule has 61 heavy (non-hydrogen) atoms. The van der Waals surface area contributed by atoms with E-state index in [9.17, 15) is 0 Å². The number of allylic oxidation sites excluding steroid dienone is 1. The largest absolute Gasteiger partial charge is 0.310 e. The fourth-order valence-corrected chi connectivity index (χ4v) is 10.7. The number of aryl methyl sites for hydroxylation is 1. The van der Waals surface area contributed by atoms with E-state index in [0.29, 0.717) is 0 Å². The average Bonchev–Trinajstić information content (AvgIpc) is 3.83. The second-order valence-corrected chi connectivity index (χ2v) is 17.7. The summed E-state index contributed by atoms with van der Waals surface area (Å²) in [6.45, 7) is 13.1. The maximum Gasteiger partial charge on any atom is 0.0540 e. The van der Waals surface area contributed by atoms with Gasteiger partial charge in [-0.25, -0.2) is 0 Å². The molecule has 0 aliphatic rings. The first-order valence-corrected chi connectivity index (χ1v) is 22.4. The van der Waals surface area contributed by atoms with Crippen molar-refractivity contribution in [2.24, 2.45) is 0 Å². The Kier molecular flexibility index (Phi) is 10.2. The van der Waals surface area contributed by atoms with E-state index in [1.54, 1.807) is 0 Å². The molecule has 294 valence electrons. The Bertz CT molecular complexity index is 3400. The first-order valence-electron chi connectivity index (χ1n) is 20.8. The van der Waals surface area contributed by atoms with Crippen molar-refractivity contribution in [1.82, 2.24) is 0 Å². The van der Waals surface area contributed by atoms with E-state index in [4.69, 9.17) is 0 Å². The van der Waals surface area contributed by atoms with Gasteiger partial charge in [0.25, 0.3) is 0 Å². The standard InChI is InChI=1S/C57H44N2S2/c1-5-7-18-48-39(4)60-56-34-32-45(36-51(48)56)58(53(6-2)47-19-10-8-15-38(47)3)43-28-24-40(25-29-43)41-26-30-44(31-27-41)59(54-22-14-17-42-16-9-11-20-49(42)54)46-33-35-57-52(37-46)50-21-12-13-23-55(50)61-57/h6-37H,2-3,5H2,1,4H3/b18-7-,53-47+. The van der Waals surface area contributed by atoms with E-state index in [0.717, 1.165) is 62.1 Å². The zero-order valence-electron chi connectivity index (χ0n) is 34.3. The summed E-state index contributed by atoms with van der Waals surface area (Å²) in [6, 6.07) is 63.9. The first-order chi connectivity index (χ1) is 30.0. The van der Waals surface area contributed by atoms with Crippen molar-refractivity contribution in [2.45, 2.75) is 20.3 Å². The molecule has 10 aromatic rings. The number of rotatable bonds is 10. The molecule has 0 radical (unpaired) electrons. The number of nitrogens with zero attached hydrogens (tertiary/aromatic N) is 2. The van der Waals surface area contributed by atoms with Crippen LogP contribution in [0.2, 0.25) is 0 Å². The molecule has 0 aliphatic carbocycles. The summed E-state index contributed by atoms with van der Waals surface area (Å²) in [7, 11) is 0. The molecule has 2 aromatic heterocycles. The molecule has 2 nitrogen and oxygen atoms in total. The highest BCUT2D eigenvalue weighted by molar-refractivity contribution is 7.25. The molecular weight excluding hydrogens is 777 g/mol. The molecule has 10 rings (SSSR count). The SMILES string of the molecule is C=C/C(=c1/ccccc1=C)N(c1ccc(-c2ccc(N(c3ccc4sc5ccccc5c4c3)c3cccc4ccccc34)cc2)cc1)c1ccc2sc(C)c(/C=C\CC)c2c1. The summed E-state index contributed by atoms with van der Waals surface area (Å²) in [4.78, 5) is 6.05. The van der Waals surface area contributed by atoms with Gasteiger partial charge in [0.05, 0.1) is 11.4 Å². The van der Waals surface area contributed by atoms with E-state index in [2.05, 4.69) is 219 Å². The predicted molar refractivity (Wildman–Crippen MR) is 270 cm³/mol. The monoisotopic (exact) mass is 820 g/mol. The second-order valence-electron chi connectivity index (χ2n) is 15.4. The van der Waals surface area contributed by atoms with Gasteiger partial charge >= 0.3 is 0 Å². The normalized spacial score (nSPS) is 12.2. The fraction of sp³-hybridized carbons (Fsp3) is 0.0526. The minimum atomic E-state index is 0.958. The van der Waals surface area contributed by atoms with Crippen molar-refractivity contribution in [2.75, 3.05) is 9.80 Å². The number of benzene rings is 8. The van der Waals surface area contributed by atoms with Crippen molar-refractivity contribution >= 4 is 110 Å². The van der Waals surface area contributed by atoms with Gasteiger partial charge in [-0.15, -0.1) is 22.7 Å². The molecule has 0 unspecified atom stereocenters. The molecule has 0 amide bonds. The van der Waals surface area contributed by atoms with Gasteiger partial charge in [-0.2, -0.15) is 0 Å². The molecule has 8 aromatic carbocycles. The average molecular weight is 821 g/mol. The lowest BCUT2D eigenvalue weighted by Crippen LogP contribution is -2.31. The van der Waals surface area contributed by atoms with Gasteiger partial charge in [-0.1, -0.05) is 135 Å². The van der Waals surface area contributed by atoms with Crippen LogP contribution in [0.5, 0.6) is 0 Å². The third-order valence-electron chi connectivity index (χ3n) is 11.6. The quantitative estimate of drug-likeness (QED) is 0.136. The van der Waals surface area contributed by atoms with Crippen molar-refractivity contribution in [3.63, 3.8) is 0 Å². The Morgan fingerprint density at radius 3 is 1.92 bits per heavy atom. The summed E-state index contributed by atoms with van der Waals surface area (Å²) < 4.78 is 3.89. The van der Waals surface area contributed by atoms with Crippen molar-refractivity contribution in [1.29, 1.82) is 0 Å². The van der Waals surface area contributed by atoms with E-state index in [1.165, 1.54) is 51.5 Å². The van der Waals surface area contributed by atoms with Crippen molar-refractivity contribution in [3.8, 4) is 11.1 Å². The van der Waals surface area contributed by atoms with Crippen LogP contribution in [0.15, 0.2) is 195 Å². The maximum atomic E-state index is 4.40. The molecule has 0 atom stereocenters. The Hall–Kier alpha value is -6.98. The molecule has 0 bridgehead atoms. The number of hydrogen-bond acceptors (Lipinski definition) is 4. The zero-order chi connectivity index (χ0) is 41.5. The van der Waals surface area contributed by atoms with Crippen LogP contribution >= 0.6 is 22.7 Å². The van der Waals surface area contributed by atoms with Gasteiger partial charge < -0.3 is 9.80 Å². The highest BCUT2D eigenvalue weighted by atomic mass is 32.1. The summed E-state index contributed by atoms with van der Waals surface area (Å²) in [5.74, 6) is 0. The number of anilines is 5. The van der Waals surface area contributed by atoms with Gasteiger partial charge in [-0.3, -0.25) is 0 Å². The molecule has 0 fully saturated rings. The lowest BCUT2D eigenvalue weighted by atomic mass is 10.0. The highest BCUT2D eigenvalue weighted by Gasteiger charge is 2.19. The van der Waals surface area contributed by atoms with Gasteiger partial charge in [0.15, 0.2) is 0 Å². The third-order valence-corrected chi connectivity index (χ3v) is 13.9.